The number of nitrogens with two attached hydrogens (primary N) is 1. The maximum atomic E-state index is 12.9. The van der Waals surface area contributed by atoms with Crippen LogP contribution < -0.4 is 10.0 Å². The van der Waals surface area contributed by atoms with Gasteiger partial charge in [0.25, 0.3) is 0 Å². The van der Waals surface area contributed by atoms with Crippen molar-refractivity contribution in [3.05, 3.63) is 47.8 Å². The zero-order chi connectivity index (χ0) is 20.6. The van der Waals surface area contributed by atoms with E-state index < -0.39 is 21.6 Å². The molecule has 9 nitrogen and oxygen atoms in total. The van der Waals surface area contributed by atoms with E-state index in [1.54, 1.807) is 12.3 Å². The van der Waals surface area contributed by atoms with E-state index in [9.17, 15) is 18.0 Å². The third-order valence-electron chi connectivity index (χ3n) is 4.80. The van der Waals surface area contributed by atoms with Gasteiger partial charge in [0.2, 0.25) is 15.8 Å². The highest BCUT2D eigenvalue weighted by Gasteiger charge is 2.33. The molecule has 2 heterocycles. The fourth-order valence-corrected chi connectivity index (χ4v) is 4.22. The molecule has 0 bridgehead atoms. The number of hydrogen-bond donors (Lipinski definition) is 1. The fraction of sp³-hybridized carbons (Fsp3) is 0.263. The maximum Gasteiger partial charge on any atom is 0.238 e. The Hall–Kier alpha value is -2.95. The summed E-state index contributed by atoms with van der Waals surface area (Å²) in [6, 6.07) is 5.80. The first kappa shape index (κ1) is 19.4. The number of primary sulfonamides is 1. The fourth-order valence-electron chi connectivity index (χ4n) is 3.44. The molecule has 1 aliphatic carbocycles. The third kappa shape index (κ3) is 3.82. The van der Waals surface area contributed by atoms with Crippen LogP contribution in [0.1, 0.15) is 27.1 Å². The van der Waals surface area contributed by atoms with Crippen molar-refractivity contribution < 1.29 is 22.7 Å². The number of hydrogen-bond acceptors (Lipinski definition) is 8. The topological polar surface area (TPSA) is 132 Å². The number of benzene rings is 1. The van der Waals surface area contributed by atoms with Gasteiger partial charge in [0, 0.05) is 24.2 Å². The Balaban J connectivity index is 1.71. The van der Waals surface area contributed by atoms with Gasteiger partial charge in [0.1, 0.15) is 0 Å². The van der Waals surface area contributed by atoms with E-state index in [1.807, 2.05) is 0 Å². The lowest BCUT2D eigenvalue weighted by Crippen LogP contribution is -2.36. The second-order valence-corrected chi connectivity index (χ2v) is 8.24. The predicted octanol–water partition coefficient (Wildman–Crippen LogP) is 1.11. The standard InChI is InChI=1S/C19H18N4O5S/c20-29(26,27)17-3-1-2-14-18(17)16(24)9-15(19(14)25)22-12-8-13(11-21-10-12)23-4-6-28-7-5-23/h1-3,8,10-11H,4-7,9H2,(H2,20,26,27). The van der Waals surface area contributed by atoms with Gasteiger partial charge in [-0.05, 0) is 12.1 Å². The summed E-state index contributed by atoms with van der Waals surface area (Å²) in [5.74, 6) is -1.01. The Morgan fingerprint density at radius 2 is 1.90 bits per heavy atom. The second kappa shape index (κ2) is 7.47. The van der Waals surface area contributed by atoms with E-state index in [0.29, 0.717) is 18.9 Å². The highest BCUT2D eigenvalue weighted by molar-refractivity contribution is 7.89. The van der Waals surface area contributed by atoms with Crippen molar-refractivity contribution in [2.24, 2.45) is 10.1 Å². The monoisotopic (exact) mass is 414 g/mol. The van der Waals surface area contributed by atoms with Crippen molar-refractivity contribution in [1.29, 1.82) is 0 Å². The second-order valence-electron chi connectivity index (χ2n) is 6.71. The Labute approximate surface area is 167 Å². The van der Waals surface area contributed by atoms with E-state index in [1.165, 1.54) is 24.4 Å². The van der Waals surface area contributed by atoms with Crippen LogP contribution in [0.4, 0.5) is 11.4 Å². The molecule has 1 saturated heterocycles. The number of nitrogens with zero attached hydrogens (tertiary/aromatic N) is 3. The first-order valence-corrected chi connectivity index (χ1v) is 10.5. The number of ether oxygens (including phenoxy) is 1. The molecule has 1 aromatic carbocycles. The number of fused-ring (bicyclic) bond motifs is 1. The minimum Gasteiger partial charge on any atom is -0.378 e. The van der Waals surface area contributed by atoms with Crippen molar-refractivity contribution in [2.45, 2.75) is 11.3 Å². The molecule has 1 fully saturated rings. The van der Waals surface area contributed by atoms with E-state index in [0.717, 1.165) is 18.8 Å². The van der Waals surface area contributed by atoms with E-state index in [4.69, 9.17) is 9.88 Å². The van der Waals surface area contributed by atoms with Crippen molar-refractivity contribution in [2.75, 3.05) is 31.2 Å². The molecule has 0 spiro atoms. The number of carbonyl (C=O) groups excluding carboxylic acids is 2. The van der Waals surface area contributed by atoms with Gasteiger partial charge in [0.05, 0.1) is 54.0 Å². The maximum absolute atomic E-state index is 12.9. The van der Waals surface area contributed by atoms with E-state index >= 15 is 0 Å². The molecule has 2 aliphatic rings. The number of carbonyl (C=O) groups is 2. The predicted molar refractivity (Wildman–Crippen MR) is 105 cm³/mol. The van der Waals surface area contributed by atoms with Crippen molar-refractivity contribution in [3.8, 4) is 0 Å². The molecule has 150 valence electrons. The third-order valence-corrected chi connectivity index (χ3v) is 5.75. The highest BCUT2D eigenvalue weighted by Crippen LogP contribution is 2.28. The summed E-state index contributed by atoms with van der Waals surface area (Å²) in [5.41, 5.74) is 1.15. The normalized spacial score (nSPS) is 18.8. The summed E-state index contributed by atoms with van der Waals surface area (Å²) in [5, 5.41) is 5.19. The molecule has 1 aliphatic heterocycles. The summed E-state index contributed by atoms with van der Waals surface area (Å²) in [4.78, 5) is 35.8. The summed E-state index contributed by atoms with van der Waals surface area (Å²) in [6.07, 6.45) is 2.90. The number of sulfonamides is 1. The first-order valence-electron chi connectivity index (χ1n) is 8.93. The van der Waals surface area contributed by atoms with Crippen molar-refractivity contribution >= 4 is 38.7 Å². The van der Waals surface area contributed by atoms with Crippen LogP contribution in [-0.4, -0.2) is 57.0 Å². The highest BCUT2D eigenvalue weighted by atomic mass is 32.2. The van der Waals surface area contributed by atoms with Gasteiger partial charge in [-0.1, -0.05) is 12.1 Å². The molecule has 0 atom stereocenters. The minimum absolute atomic E-state index is 0.0104. The van der Waals surface area contributed by atoms with E-state index in [2.05, 4.69) is 14.9 Å². The molecule has 1 aromatic heterocycles. The first-order chi connectivity index (χ1) is 13.8. The largest absolute Gasteiger partial charge is 0.378 e. The number of pyridine rings is 1. The average molecular weight is 414 g/mol. The van der Waals surface area contributed by atoms with E-state index in [-0.39, 0.29) is 28.2 Å². The zero-order valence-electron chi connectivity index (χ0n) is 15.4. The Morgan fingerprint density at radius 1 is 1.14 bits per heavy atom. The quantitative estimate of drug-likeness (QED) is 0.795. The van der Waals surface area contributed by atoms with Crippen molar-refractivity contribution in [1.82, 2.24) is 4.98 Å². The molecular formula is C19H18N4O5S. The number of ketones is 2. The SMILES string of the molecule is NS(=O)(=O)c1cccc2c1C(=O)CC(=Nc1cncc(N3CCOCC3)c1)C2=O. The molecule has 10 heteroatoms. The molecule has 0 unspecified atom stereocenters. The van der Waals surface area contributed by atoms with Crippen LogP contribution in [-0.2, 0) is 14.8 Å². The summed E-state index contributed by atoms with van der Waals surface area (Å²) in [7, 11) is -4.13. The summed E-state index contributed by atoms with van der Waals surface area (Å²) < 4.78 is 28.9. The average Bonchev–Trinajstić information content (AvgIpc) is 2.71. The van der Waals surface area contributed by atoms with Gasteiger partial charge < -0.3 is 9.64 Å². The Bertz CT molecular complexity index is 1140. The lowest BCUT2D eigenvalue weighted by atomic mass is 9.88. The molecule has 29 heavy (non-hydrogen) atoms. The number of morpholine rings is 1. The number of rotatable bonds is 3. The van der Waals surface area contributed by atoms with Gasteiger partial charge in [-0.2, -0.15) is 0 Å². The molecular weight excluding hydrogens is 396 g/mol. The molecule has 2 aromatic rings. The number of aromatic nitrogens is 1. The number of Topliss-reactive ketones (excluding diaryl/α,β-unsaturated/α-hetero) is 2. The van der Waals surface area contributed by atoms with Crippen LogP contribution in [0.2, 0.25) is 0 Å². The Morgan fingerprint density at radius 3 is 2.62 bits per heavy atom. The van der Waals surface area contributed by atoms with Crippen LogP contribution in [0.3, 0.4) is 0 Å². The molecule has 4 rings (SSSR count). The van der Waals surface area contributed by atoms with Crippen LogP contribution in [0.15, 0.2) is 46.5 Å². The smallest absolute Gasteiger partial charge is 0.238 e. The molecule has 0 saturated carbocycles. The van der Waals surface area contributed by atoms with Crippen LogP contribution in [0.25, 0.3) is 0 Å². The lowest BCUT2D eigenvalue weighted by molar-refractivity contribution is 0.0962. The molecule has 2 N–H and O–H groups in total. The van der Waals surface area contributed by atoms with Gasteiger partial charge >= 0.3 is 0 Å². The minimum atomic E-state index is -4.13. The van der Waals surface area contributed by atoms with Crippen LogP contribution in [0, 0.1) is 0 Å². The zero-order valence-corrected chi connectivity index (χ0v) is 16.2. The van der Waals surface area contributed by atoms with Gasteiger partial charge in [-0.3, -0.25) is 14.6 Å². The van der Waals surface area contributed by atoms with Gasteiger partial charge in [-0.25, -0.2) is 18.5 Å². The molecule has 0 amide bonds. The molecule has 0 radical (unpaired) electrons. The van der Waals surface area contributed by atoms with Crippen molar-refractivity contribution in [3.63, 3.8) is 0 Å². The summed E-state index contributed by atoms with van der Waals surface area (Å²) >= 11 is 0. The summed E-state index contributed by atoms with van der Waals surface area (Å²) in [6.45, 7) is 2.69. The van der Waals surface area contributed by atoms with Gasteiger partial charge in [0.15, 0.2) is 5.78 Å². The number of aliphatic imine (C=N–C) groups is 1. The Kier molecular flexibility index (Phi) is 4.99. The van der Waals surface area contributed by atoms with Gasteiger partial charge in [-0.15, -0.1) is 0 Å². The van der Waals surface area contributed by atoms with Crippen LogP contribution in [0.5, 0.6) is 0 Å². The number of anilines is 1. The van der Waals surface area contributed by atoms with Crippen LogP contribution >= 0.6 is 0 Å². The lowest BCUT2D eigenvalue weighted by Gasteiger charge is -2.28.